The van der Waals surface area contributed by atoms with Gasteiger partial charge in [-0.3, -0.25) is 14.6 Å². The Balaban J connectivity index is 2.10. The van der Waals surface area contributed by atoms with Crippen molar-refractivity contribution in [1.82, 2.24) is 9.88 Å². The number of rotatable bonds is 7. The summed E-state index contributed by atoms with van der Waals surface area (Å²) in [5.74, 6) is -0.913. The Morgan fingerprint density at radius 2 is 2.03 bits per heavy atom. The standard InChI is InChI=1S/C23H26N2O5/c1-14(2)30-18-8-7-16(12-15(18)3)21(26)19-20(17-6-5-9-24-13-17)25(10-11-29-4)23(28)22(19)27/h5-9,12-14,20,26H,10-11H2,1-4H3/b21-19+. The highest BCUT2D eigenvalue weighted by Crippen LogP contribution is 2.39. The third kappa shape index (κ3) is 4.21. The van der Waals surface area contributed by atoms with Gasteiger partial charge in [0.1, 0.15) is 11.5 Å². The number of methoxy groups -OCH3 is 1. The van der Waals surface area contributed by atoms with Gasteiger partial charge in [-0.15, -0.1) is 0 Å². The molecule has 7 nitrogen and oxygen atoms in total. The molecule has 0 aliphatic carbocycles. The van der Waals surface area contributed by atoms with Crippen molar-refractivity contribution >= 4 is 17.4 Å². The van der Waals surface area contributed by atoms with Gasteiger partial charge >= 0.3 is 0 Å². The van der Waals surface area contributed by atoms with Crippen LogP contribution >= 0.6 is 0 Å². The molecule has 158 valence electrons. The summed E-state index contributed by atoms with van der Waals surface area (Å²) >= 11 is 0. The average molecular weight is 410 g/mol. The number of aryl methyl sites for hydroxylation is 1. The summed E-state index contributed by atoms with van der Waals surface area (Å²) in [5.41, 5.74) is 1.95. The Bertz CT molecular complexity index is 969. The van der Waals surface area contributed by atoms with Crippen molar-refractivity contribution in [3.8, 4) is 5.75 Å². The topological polar surface area (TPSA) is 89.0 Å². The molecule has 1 unspecified atom stereocenters. The Hall–Kier alpha value is -3.19. The third-order valence-electron chi connectivity index (χ3n) is 4.89. The minimum atomic E-state index is -0.735. The highest BCUT2D eigenvalue weighted by molar-refractivity contribution is 6.46. The Morgan fingerprint density at radius 1 is 1.27 bits per heavy atom. The van der Waals surface area contributed by atoms with Crippen LogP contribution in [0.2, 0.25) is 0 Å². The lowest BCUT2D eigenvalue weighted by Gasteiger charge is -2.24. The van der Waals surface area contributed by atoms with Gasteiger partial charge in [0.2, 0.25) is 0 Å². The molecule has 2 aromatic rings. The molecule has 30 heavy (non-hydrogen) atoms. The number of pyridine rings is 1. The molecule has 1 N–H and O–H groups in total. The largest absolute Gasteiger partial charge is 0.507 e. The van der Waals surface area contributed by atoms with Crippen LogP contribution in [-0.2, 0) is 14.3 Å². The molecule has 1 aliphatic heterocycles. The minimum Gasteiger partial charge on any atom is -0.507 e. The van der Waals surface area contributed by atoms with Crippen molar-refractivity contribution in [2.24, 2.45) is 0 Å². The number of ketones is 1. The number of aliphatic hydroxyl groups excluding tert-OH is 1. The van der Waals surface area contributed by atoms with Crippen LogP contribution in [0.3, 0.4) is 0 Å². The lowest BCUT2D eigenvalue weighted by Crippen LogP contribution is -2.32. The van der Waals surface area contributed by atoms with Gasteiger partial charge in [0.05, 0.1) is 24.3 Å². The molecule has 7 heteroatoms. The van der Waals surface area contributed by atoms with Crippen molar-refractivity contribution < 1.29 is 24.2 Å². The van der Waals surface area contributed by atoms with E-state index in [9.17, 15) is 14.7 Å². The van der Waals surface area contributed by atoms with Crippen LogP contribution in [0.5, 0.6) is 5.75 Å². The fraction of sp³-hybridized carbons (Fsp3) is 0.348. The van der Waals surface area contributed by atoms with Gasteiger partial charge in [0, 0.05) is 31.6 Å². The number of nitrogens with zero attached hydrogens (tertiary/aromatic N) is 2. The van der Waals surface area contributed by atoms with E-state index in [0.717, 1.165) is 5.56 Å². The smallest absolute Gasteiger partial charge is 0.295 e. The molecule has 3 rings (SSSR count). The third-order valence-corrected chi connectivity index (χ3v) is 4.89. The van der Waals surface area contributed by atoms with E-state index in [0.29, 0.717) is 16.9 Å². The zero-order valence-corrected chi connectivity index (χ0v) is 17.6. The quantitative estimate of drug-likeness (QED) is 0.428. The molecule has 0 bridgehead atoms. The summed E-state index contributed by atoms with van der Waals surface area (Å²) in [6, 6.07) is 7.96. The predicted octanol–water partition coefficient (Wildman–Crippen LogP) is 3.25. The second-order valence-corrected chi connectivity index (χ2v) is 7.42. The van der Waals surface area contributed by atoms with Crippen LogP contribution in [0.1, 0.15) is 36.6 Å². The lowest BCUT2D eigenvalue weighted by atomic mass is 9.95. The lowest BCUT2D eigenvalue weighted by molar-refractivity contribution is -0.140. The number of carbonyl (C=O) groups excluding carboxylic acids is 2. The van der Waals surface area contributed by atoms with Crippen LogP contribution in [0, 0.1) is 6.92 Å². The van der Waals surface area contributed by atoms with Crippen LogP contribution in [-0.4, -0.2) is 53.0 Å². The highest BCUT2D eigenvalue weighted by atomic mass is 16.5. The zero-order chi connectivity index (χ0) is 21.8. The number of benzene rings is 1. The molecule has 1 saturated heterocycles. The van der Waals surface area contributed by atoms with E-state index >= 15 is 0 Å². The van der Waals surface area contributed by atoms with Crippen molar-refractivity contribution in [3.05, 3.63) is 65.0 Å². The second-order valence-electron chi connectivity index (χ2n) is 7.42. The molecule has 1 amide bonds. The molecular weight excluding hydrogens is 384 g/mol. The number of likely N-dealkylation sites (tertiary alicyclic amines) is 1. The van der Waals surface area contributed by atoms with Crippen LogP contribution in [0.15, 0.2) is 48.3 Å². The number of aliphatic hydroxyl groups is 1. The first kappa shape index (κ1) is 21.5. The number of hydrogen-bond acceptors (Lipinski definition) is 6. The summed E-state index contributed by atoms with van der Waals surface area (Å²) in [4.78, 5) is 31.1. The molecule has 1 fully saturated rings. The number of aromatic nitrogens is 1. The van der Waals surface area contributed by atoms with Crippen LogP contribution < -0.4 is 4.74 Å². The number of carbonyl (C=O) groups is 2. The molecule has 0 radical (unpaired) electrons. The molecule has 1 aliphatic rings. The normalized spacial score (nSPS) is 18.3. The van der Waals surface area contributed by atoms with Crippen molar-refractivity contribution in [2.45, 2.75) is 32.9 Å². The summed E-state index contributed by atoms with van der Waals surface area (Å²) < 4.78 is 10.8. The molecule has 1 aromatic heterocycles. The molecule has 2 heterocycles. The Labute approximate surface area is 175 Å². The summed E-state index contributed by atoms with van der Waals surface area (Å²) in [6.45, 7) is 6.22. The van der Waals surface area contributed by atoms with Gasteiger partial charge in [-0.1, -0.05) is 6.07 Å². The first-order chi connectivity index (χ1) is 14.3. The van der Waals surface area contributed by atoms with E-state index in [1.165, 1.54) is 12.0 Å². The predicted molar refractivity (Wildman–Crippen MR) is 112 cm³/mol. The molecule has 1 atom stereocenters. The highest BCUT2D eigenvalue weighted by Gasteiger charge is 2.46. The van der Waals surface area contributed by atoms with E-state index in [1.54, 1.807) is 42.7 Å². The molecule has 0 spiro atoms. The maximum Gasteiger partial charge on any atom is 0.295 e. The van der Waals surface area contributed by atoms with Gasteiger partial charge in [0.15, 0.2) is 0 Å². The summed E-state index contributed by atoms with van der Waals surface area (Å²) in [5, 5.41) is 11.1. The fourth-order valence-corrected chi connectivity index (χ4v) is 3.52. The number of hydrogen-bond donors (Lipinski definition) is 1. The van der Waals surface area contributed by atoms with Crippen LogP contribution in [0.25, 0.3) is 5.76 Å². The maximum atomic E-state index is 12.9. The maximum absolute atomic E-state index is 12.9. The molecule has 0 saturated carbocycles. The summed E-state index contributed by atoms with van der Waals surface area (Å²) in [6.07, 6.45) is 3.22. The molecule has 1 aromatic carbocycles. The van der Waals surface area contributed by atoms with Gasteiger partial charge < -0.3 is 19.5 Å². The Kier molecular flexibility index (Phi) is 6.52. The SMILES string of the molecule is COCCN1C(=O)C(=O)/C(=C(/O)c2ccc(OC(C)C)c(C)c2)C1c1cccnc1. The van der Waals surface area contributed by atoms with Crippen LogP contribution in [0.4, 0.5) is 0 Å². The minimum absolute atomic E-state index is 0.0137. The van der Waals surface area contributed by atoms with E-state index in [2.05, 4.69) is 4.98 Å². The number of amides is 1. The van der Waals surface area contributed by atoms with E-state index in [-0.39, 0.29) is 30.6 Å². The second kappa shape index (κ2) is 9.09. The fourth-order valence-electron chi connectivity index (χ4n) is 3.52. The Morgan fingerprint density at radius 3 is 2.63 bits per heavy atom. The number of ether oxygens (including phenoxy) is 2. The zero-order valence-electron chi connectivity index (χ0n) is 17.6. The van der Waals surface area contributed by atoms with Gasteiger partial charge in [-0.05, 0) is 56.2 Å². The van der Waals surface area contributed by atoms with Crippen molar-refractivity contribution in [1.29, 1.82) is 0 Å². The summed E-state index contributed by atoms with van der Waals surface area (Å²) in [7, 11) is 1.53. The average Bonchev–Trinajstić information content (AvgIpc) is 2.98. The van der Waals surface area contributed by atoms with Gasteiger partial charge in [-0.25, -0.2) is 0 Å². The first-order valence-electron chi connectivity index (χ1n) is 9.80. The first-order valence-corrected chi connectivity index (χ1v) is 9.80. The van der Waals surface area contributed by atoms with Gasteiger partial charge in [0.25, 0.3) is 11.7 Å². The van der Waals surface area contributed by atoms with Crippen molar-refractivity contribution in [2.75, 3.05) is 20.3 Å². The number of Topliss-reactive ketones (excluding diaryl/α,β-unsaturated/α-hetero) is 1. The van der Waals surface area contributed by atoms with E-state index in [1.807, 2.05) is 20.8 Å². The van der Waals surface area contributed by atoms with E-state index in [4.69, 9.17) is 9.47 Å². The monoisotopic (exact) mass is 410 g/mol. The van der Waals surface area contributed by atoms with Crippen molar-refractivity contribution in [3.63, 3.8) is 0 Å². The van der Waals surface area contributed by atoms with Gasteiger partial charge in [-0.2, -0.15) is 0 Å². The van der Waals surface area contributed by atoms with E-state index < -0.39 is 17.7 Å². The molecular formula is C23H26N2O5.